The van der Waals surface area contributed by atoms with E-state index in [2.05, 4.69) is 10.1 Å². The molecule has 0 bridgehead atoms. The molecule has 1 atom stereocenters. The van der Waals surface area contributed by atoms with Crippen LogP contribution in [0.5, 0.6) is 0 Å². The van der Waals surface area contributed by atoms with Crippen LogP contribution in [0.25, 0.3) is 10.9 Å². The van der Waals surface area contributed by atoms with Crippen LogP contribution in [0.1, 0.15) is 35.7 Å². The van der Waals surface area contributed by atoms with E-state index in [4.69, 9.17) is 16.7 Å². The molecule has 0 saturated heterocycles. The molecule has 0 spiro atoms. The average molecular weight is 414 g/mol. The Hall–Kier alpha value is -2.77. The van der Waals surface area contributed by atoms with E-state index in [0.29, 0.717) is 17.1 Å². The summed E-state index contributed by atoms with van der Waals surface area (Å²) in [6.07, 6.45) is 0.139. The van der Waals surface area contributed by atoms with Crippen molar-refractivity contribution in [1.82, 2.24) is 9.99 Å². The first-order valence-corrected chi connectivity index (χ1v) is 9.99. The van der Waals surface area contributed by atoms with Crippen LogP contribution in [-0.4, -0.2) is 32.7 Å². The standard InChI is InChI=1S/C20H16ClN3O3S/c21-20-13(10-12-4-1-2-5-14(12)22-20)16-11-15(17-6-3-9-28-17)23-24(16)18(25)7-8-19(26)27/h1-6,9-10,16H,7-8,11H2,(H,26,27)/t16-/m0/s1. The first-order chi connectivity index (χ1) is 13.5. The lowest BCUT2D eigenvalue weighted by molar-refractivity contribution is -0.141. The van der Waals surface area contributed by atoms with Crippen molar-refractivity contribution < 1.29 is 14.7 Å². The second kappa shape index (κ2) is 7.69. The van der Waals surface area contributed by atoms with E-state index in [1.807, 2.05) is 47.8 Å². The van der Waals surface area contributed by atoms with Crippen LogP contribution < -0.4 is 0 Å². The van der Waals surface area contributed by atoms with Crippen molar-refractivity contribution in [2.45, 2.75) is 25.3 Å². The van der Waals surface area contributed by atoms with E-state index in [1.54, 1.807) is 11.3 Å². The predicted octanol–water partition coefficient (Wildman–Crippen LogP) is 4.49. The van der Waals surface area contributed by atoms with Crippen molar-refractivity contribution >= 4 is 51.4 Å². The Morgan fingerprint density at radius 1 is 1.21 bits per heavy atom. The van der Waals surface area contributed by atoms with Gasteiger partial charge in [0.25, 0.3) is 0 Å². The van der Waals surface area contributed by atoms with Gasteiger partial charge in [0.05, 0.1) is 28.6 Å². The molecule has 1 aliphatic heterocycles. The summed E-state index contributed by atoms with van der Waals surface area (Å²) in [7, 11) is 0. The Kier molecular flexibility index (Phi) is 5.11. The summed E-state index contributed by atoms with van der Waals surface area (Å²) in [4.78, 5) is 29.0. The van der Waals surface area contributed by atoms with Gasteiger partial charge in [-0.1, -0.05) is 35.9 Å². The van der Waals surface area contributed by atoms with Crippen molar-refractivity contribution in [2.24, 2.45) is 5.10 Å². The van der Waals surface area contributed by atoms with Crippen molar-refractivity contribution in [1.29, 1.82) is 0 Å². The zero-order valence-corrected chi connectivity index (χ0v) is 16.3. The maximum absolute atomic E-state index is 12.7. The molecule has 0 unspecified atom stereocenters. The Morgan fingerprint density at radius 3 is 2.79 bits per heavy atom. The SMILES string of the molecule is O=C(O)CCC(=O)N1N=C(c2cccs2)C[C@H]1c1cc2ccccc2nc1Cl. The molecule has 4 rings (SSSR count). The maximum Gasteiger partial charge on any atom is 0.303 e. The fourth-order valence-corrected chi connectivity index (χ4v) is 4.24. The van der Waals surface area contributed by atoms with E-state index in [9.17, 15) is 9.59 Å². The monoisotopic (exact) mass is 413 g/mol. The van der Waals surface area contributed by atoms with Crippen LogP contribution in [0.4, 0.5) is 0 Å². The topological polar surface area (TPSA) is 82.9 Å². The molecular weight excluding hydrogens is 398 g/mol. The van der Waals surface area contributed by atoms with Crippen LogP contribution >= 0.6 is 22.9 Å². The molecule has 6 nitrogen and oxygen atoms in total. The van der Waals surface area contributed by atoms with Gasteiger partial charge in [0.1, 0.15) is 5.15 Å². The van der Waals surface area contributed by atoms with Gasteiger partial charge in [-0.3, -0.25) is 9.59 Å². The smallest absolute Gasteiger partial charge is 0.303 e. The fraction of sp³-hybridized carbons (Fsp3) is 0.200. The van der Waals surface area contributed by atoms with Gasteiger partial charge in [0.15, 0.2) is 0 Å². The first-order valence-electron chi connectivity index (χ1n) is 8.73. The molecule has 28 heavy (non-hydrogen) atoms. The van der Waals surface area contributed by atoms with Gasteiger partial charge in [-0.2, -0.15) is 5.10 Å². The van der Waals surface area contributed by atoms with Gasteiger partial charge in [0, 0.05) is 23.8 Å². The molecule has 8 heteroatoms. The number of carboxylic acid groups (broad SMARTS) is 1. The van der Waals surface area contributed by atoms with E-state index in [0.717, 1.165) is 21.5 Å². The van der Waals surface area contributed by atoms with Crippen LogP contribution in [0.2, 0.25) is 5.15 Å². The number of amides is 1. The number of thiophene rings is 1. The van der Waals surface area contributed by atoms with Crippen molar-refractivity contribution in [3.63, 3.8) is 0 Å². The predicted molar refractivity (Wildman–Crippen MR) is 109 cm³/mol. The number of aromatic nitrogens is 1. The molecule has 1 aliphatic rings. The summed E-state index contributed by atoms with van der Waals surface area (Å²) < 4.78 is 0. The van der Waals surface area contributed by atoms with Gasteiger partial charge in [-0.15, -0.1) is 11.3 Å². The van der Waals surface area contributed by atoms with E-state index in [-0.39, 0.29) is 18.7 Å². The van der Waals surface area contributed by atoms with Crippen molar-refractivity contribution in [3.05, 3.63) is 63.4 Å². The van der Waals surface area contributed by atoms with Gasteiger partial charge in [0.2, 0.25) is 5.91 Å². The number of rotatable bonds is 5. The second-order valence-corrected chi connectivity index (χ2v) is 7.74. The minimum atomic E-state index is -1.02. The molecular formula is C20H16ClN3O3S. The number of nitrogens with zero attached hydrogens (tertiary/aromatic N) is 3. The lowest BCUT2D eigenvalue weighted by atomic mass is 10.0. The number of pyridine rings is 1. The third kappa shape index (κ3) is 3.63. The summed E-state index contributed by atoms with van der Waals surface area (Å²) in [5, 5.41) is 18.0. The number of carboxylic acids is 1. The Morgan fingerprint density at radius 2 is 2.04 bits per heavy atom. The summed E-state index contributed by atoms with van der Waals surface area (Å²) in [5.41, 5.74) is 2.27. The van der Waals surface area contributed by atoms with Crippen LogP contribution in [-0.2, 0) is 9.59 Å². The molecule has 1 aromatic carbocycles. The van der Waals surface area contributed by atoms with Gasteiger partial charge < -0.3 is 5.11 Å². The number of benzene rings is 1. The third-order valence-electron chi connectivity index (χ3n) is 4.59. The van der Waals surface area contributed by atoms with E-state index in [1.165, 1.54) is 5.01 Å². The summed E-state index contributed by atoms with van der Waals surface area (Å²) >= 11 is 8.01. The number of para-hydroxylation sites is 1. The average Bonchev–Trinajstić information content (AvgIpc) is 3.35. The number of hydrogen-bond donors (Lipinski definition) is 1. The summed E-state index contributed by atoms with van der Waals surface area (Å²) in [6.45, 7) is 0. The Bertz CT molecular complexity index is 1080. The zero-order valence-electron chi connectivity index (χ0n) is 14.7. The Balaban J connectivity index is 1.72. The van der Waals surface area contributed by atoms with E-state index < -0.39 is 12.0 Å². The fourth-order valence-electron chi connectivity index (χ4n) is 3.24. The van der Waals surface area contributed by atoms with Gasteiger partial charge in [-0.05, 0) is 23.6 Å². The second-order valence-electron chi connectivity index (χ2n) is 6.44. The highest BCUT2D eigenvalue weighted by molar-refractivity contribution is 7.12. The number of hydrogen-bond acceptors (Lipinski definition) is 5. The Labute approximate surface area is 170 Å². The largest absolute Gasteiger partial charge is 0.481 e. The highest BCUT2D eigenvalue weighted by Gasteiger charge is 2.35. The summed E-state index contributed by atoms with van der Waals surface area (Å²) in [6, 6.07) is 13.0. The van der Waals surface area contributed by atoms with Gasteiger partial charge >= 0.3 is 5.97 Å². The summed E-state index contributed by atoms with van der Waals surface area (Å²) in [5.74, 6) is -1.36. The van der Waals surface area contributed by atoms with Gasteiger partial charge in [-0.25, -0.2) is 9.99 Å². The quantitative estimate of drug-likeness (QED) is 0.624. The molecule has 3 aromatic rings. The van der Waals surface area contributed by atoms with E-state index >= 15 is 0 Å². The molecule has 142 valence electrons. The number of hydrazone groups is 1. The number of carbonyl (C=O) groups excluding carboxylic acids is 1. The number of halogens is 1. The lowest BCUT2D eigenvalue weighted by Crippen LogP contribution is -2.27. The van der Waals surface area contributed by atoms with Crippen LogP contribution in [0, 0.1) is 0 Å². The highest BCUT2D eigenvalue weighted by Crippen LogP contribution is 2.38. The molecule has 0 radical (unpaired) electrons. The van der Waals surface area contributed by atoms with Crippen LogP contribution in [0.15, 0.2) is 52.9 Å². The molecule has 0 saturated carbocycles. The minimum Gasteiger partial charge on any atom is -0.481 e. The van der Waals surface area contributed by atoms with Crippen molar-refractivity contribution in [2.75, 3.05) is 0 Å². The third-order valence-corrected chi connectivity index (χ3v) is 5.81. The minimum absolute atomic E-state index is 0.119. The molecule has 2 aromatic heterocycles. The highest BCUT2D eigenvalue weighted by atomic mass is 35.5. The van der Waals surface area contributed by atoms with Crippen LogP contribution in [0.3, 0.4) is 0 Å². The van der Waals surface area contributed by atoms with Crippen molar-refractivity contribution in [3.8, 4) is 0 Å². The lowest BCUT2D eigenvalue weighted by Gasteiger charge is -2.22. The number of carbonyl (C=O) groups is 2. The zero-order chi connectivity index (χ0) is 19.7. The molecule has 3 heterocycles. The number of fused-ring (bicyclic) bond motifs is 1. The normalized spacial score (nSPS) is 16.4. The first kappa shape index (κ1) is 18.6. The molecule has 1 N–H and O–H groups in total. The number of aliphatic carboxylic acids is 1. The molecule has 1 amide bonds. The maximum atomic E-state index is 12.7. The molecule has 0 aliphatic carbocycles. The molecule has 0 fully saturated rings.